The number of rotatable bonds is 13. The summed E-state index contributed by atoms with van der Waals surface area (Å²) < 4.78 is 45.0. The van der Waals surface area contributed by atoms with Crippen LogP contribution in [0.15, 0.2) is 0 Å². The number of carboxylic acid groups (broad SMARTS) is 1. The first kappa shape index (κ1) is 54.3. The van der Waals surface area contributed by atoms with Gasteiger partial charge >= 0.3 is 35.8 Å². The fourth-order valence-corrected chi connectivity index (χ4v) is 13.3. The average molecular weight is 1030 g/mol. The van der Waals surface area contributed by atoms with Crippen molar-refractivity contribution in [1.29, 1.82) is 0 Å². The van der Waals surface area contributed by atoms with E-state index in [0.29, 0.717) is 91.7 Å². The van der Waals surface area contributed by atoms with Gasteiger partial charge in [0.25, 0.3) is 0 Å². The van der Waals surface area contributed by atoms with Crippen LogP contribution in [0.25, 0.3) is 0 Å². The molecule has 0 aromatic rings. The summed E-state index contributed by atoms with van der Waals surface area (Å²) in [4.78, 5) is 71.8. The monoisotopic (exact) mass is 1020 g/mol. The van der Waals surface area contributed by atoms with Crippen LogP contribution in [0.3, 0.4) is 0 Å². The van der Waals surface area contributed by atoms with Crippen LogP contribution in [0.4, 0.5) is 0 Å². The zero-order chi connectivity index (χ0) is 51.0. The number of halogens is 1. The largest absolute Gasteiger partial charge is 0.481 e. The van der Waals surface area contributed by atoms with Gasteiger partial charge in [-0.2, -0.15) is 0 Å². The number of fused-ring (bicyclic) bond motifs is 9. The average Bonchev–Trinajstić information content (AvgIpc) is 4.13. The van der Waals surface area contributed by atoms with E-state index in [9.17, 15) is 33.9 Å². The fraction of sp³-hybridized carbons (Fsp3) is 0.885. The quantitative estimate of drug-likeness (QED) is 0.0779. The van der Waals surface area contributed by atoms with Gasteiger partial charge in [-0.1, -0.05) is 41.5 Å². The molecule has 0 aromatic heterocycles. The fourth-order valence-electron chi connectivity index (χ4n) is 13.1. The minimum atomic E-state index is -0.851. The highest BCUT2D eigenvalue weighted by Crippen LogP contribution is 2.61. The van der Waals surface area contributed by atoms with Gasteiger partial charge in [0, 0.05) is 0 Å². The summed E-state index contributed by atoms with van der Waals surface area (Å²) in [5, 5.41) is 25.6. The third-order valence-electron chi connectivity index (χ3n) is 18.5. The topological polar surface area (TPSA) is 263 Å². The number of carbonyl (C=O) groups is 6. The Morgan fingerprint density at radius 1 is 0.493 bits per heavy atom. The van der Waals surface area contributed by atoms with Crippen molar-refractivity contribution in [3.05, 3.63) is 0 Å². The van der Waals surface area contributed by atoms with Crippen molar-refractivity contribution in [3.63, 3.8) is 0 Å². The minimum Gasteiger partial charge on any atom is -0.481 e. The van der Waals surface area contributed by atoms with Crippen molar-refractivity contribution in [1.82, 2.24) is 0 Å². The Balaban J connectivity index is 0.000000126. The van der Waals surface area contributed by atoms with Crippen molar-refractivity contribution in [2.45, 2.75) is 104 Å². The number of aliphatic hydroxyl groups excluding tert-OH is 2. The van der Waals surface area contributed by atoms with Crippen LogP contribution in [0, 0.1) is 112 Å². The molecule has 19 heteroatoms. The zero-order valence-electron chi connectivity index (χ0n) is 42.0. The van der Waals surface area contributed by atoms with Gasteiger partial charge in [0.1, 0.15) is 37.6 Å². The highest BCUT2D eigenvalue weighted by molar-refractivity contribution is 6.18. The second-order valence-corrected chi connectivity index (χ2v) is 23.0. The first-order chi connectivity index (χ1) is 34.0. The van der Waals surface area contributed by atoms with Crippen LogP contribution in [-0.4, -0.2) is 154 Å². The number of carboxylic acids is 1. The molecule has 7 aliphatic carbocycles. The van der Waals surface area contributed by atoms with E-state index in [1.807, 2.05) is 0 Å². The molecule has 6 bridgehead atoms. The van der Waals surface area contributed by atoms with E-state index < -0.39 is 17.8 Å². The molecule has 23 atom stereocenters. The Labute approximate surface area is 421 Å². The third kappa shape index (κ3) is 12.9. The number of hydrogen-bond donors (Lipinski definition) is 3. The molecule has 6 heterocycles. The van der Waals surface area contributed by atoms with Gasteiger partial charge in [0.2, 0.25) is 0 Å². The Hall–Kier alpha value is -2.97. The molecule has 6 saturated heterocycles. The molecule has 13 fully saturated rings. The van der Waals surface area contributed by atoms with Crippen LogP contribution < -0.4 is 0 Å². The van der Waals surface area contributed by atoms with Crippen LogP contribution >= 0.6 is 11.6 Å². The van der Waals surface area contributed by atoms with E-state index in [1.54, 1.807) is 0 Å². The van der Waals surface area contributed by atoms with Gasteiger partial charge in [0.05, 0.1) is 100 Å². The highest BCUT2D eigenvalue weighted by atomic mass is 35.5. The molecule has 13 aliphatic rings. The van der Waals surface area contributed by atoms with Gasteiger partial charge < -0.3 is 58.0 Å². The van der Waals surface area contributed by atoms with Crippen molar-refractivity contribution in [3.8, 4) is 0 Å². The lowest BCUT2D eigenvalue weighted by molar-refractivity contribution is -0.166. The minimum absolute atomic E-state index is 0.0298. The zero-order valence-corrected chi connectivity index (χ0v) is 42.8. The van der Waals surface area contributed by atoms with E-state index >= 15 is 0 Å². The lowest BCUT2D eigenvalue weighted by Gasteiger charge is -2.35. The molecule has 0 amide bonds. The second kappa shape index (κ2) is 23.3. The SMILES string of the molecule is CC1C(C)C2CC1C(C(=O)O)C2C(=O)OCC1CO1.CC1C(C)C2CC1C(C(=O)OCC1CC1)C2C(=O)OCC1CO1.CC1C(C)C2CC1C1C(=O)OC(=O)C21.ClCC1CO1.OCC1CO1.OCC1CO1. The van der Waals surface area contributed by atoms with Crippen molar-refractivity contribution < 1.29 is 86.7 Å². The maximum Gasteiger partial charge on any atom is 0.317 e. The van der Waals surface area contributed by atoms with Crippen LogP contribution in [0.5, 0.6) is 0 Å². The number of aliphatic hydroxyl groups is 2. The van der Waals surface area contributed by atoms with E-state index in [2.05, 4.69) is 51.0 Å². The van der Waals surface area contributed by atoms with Crippen molar-refractivity contribution in [2.24, 2.45) is 112 Å². The number of esters is 5. The maximum absolute atomic E-state index is 12.6. The van der Waals surface area contributed by atoms with Gasteiger partial charge in [-0.3, -0.25) is 28.8 Å². The molecule has 7 saturated carbocycles. The molecule has 3 N–H and O–H groups in total. The summed E-state index contributed by atoms with van der Waals surface area (Å²) in [6.45, 7) is 18.2. The highest BCUT2D eigenvalue weighted by Gasteiger charge is 2.65. The van der Waals surface area contributed by atoms with Crippen LogP contribution in [0.2, 0.25) is 0 Å². The first-order valence-corrected chi connectivity index (χ1v) is 26.8. The van der Waals surface area contributed by atoms with Crippen molar-refractivity contribution in [2.75, 3.05) is 71.9 Å². The smallest absolute Gasteiger partial charge is 0.317 e. The first-order valence-electron chi connectivity index (χ1n) is 26.3. The Kier molecular flexibility index (Phi) is 17.8. The number of hydrogen-bond acceptors (Lipinski definition) is 17. The van der Waals surface area contributed by atoms with Gasteiger partial charge in [-0.05, 0) is 109 Å². The number of carbonyl (C=O) groups excluding carboxylic acids is 5. The van der Waals surface area contributed by atoms with E-state index in [-0.39, 0.29) is 121 Å². The Bertz CT molecular complexity index is 1790. The molecular weight excluding hydrogens is 948 g/mol. The van der Waals surface area contributed by atoms with E-state index in [1.165, 1.54) is 0 Å². The Morgan fingerprint density at radius 3 is 1.08 bits per heavy atom. The summed E-state index contributed by atoms with van der Waals surface area (Å²) >= 11 is 5.27. The van der Waals surface area contributed by atoms with E-state index in [4.69, 9.17) is 55.0 Å². The summed E-state index contributed by atoms with van der Waals surface area (Å²) in [5.41, 5.74) is 0. The predicted molar refractivity (Wildman–Crippen MR) is 249 cm³/mol. The molecule has 400 valence electrons. The molecule has 0 aromatic carbocycles. The van der Waals surface area contributed by atoms with Crippen LogP contribution in [0.1, 0.15) is 73.6 Å². The number of alkyl halides is 1. The third-order valence-corrected chi connectivity index (χ3v) is 18.9. The molecule has 6 aliphatic heterocycles. The molecule has 18 nitrogen and oxygen atoms in total. The standard InChI is InChI=1S/C18H26O5.C14H20O5.C11H14O3.C3H5ClO.2C3H6O2/c1-9-10(2)14-5-13(9)15(17(19)22-6-11-3-4-11)16(14)18(20)23-8-12-7-21-12;1-6-7(2)10-3-9(6)11(13(15)16)12(10)14(17)19-5-8-4-18-8;1-4-5(2)7-3-6(4)8-9(7)11(13)14-10(8)12;3*4-1-3-2-5-3/h9-16H,3-8H2,1-2H3;6-12H,3-5H2,1-2H3,(H,15,16);4-9H,3H2,1-2H3;3H,1-2H2;2*3-4H,1-2H2. The number of cyclic esters (lactones) is 2. The summed E-state index contributed by atoms with van der Waals surface area (Å²) in [6, 6.07) is 0. The second-order valence-electron chi connectivity index (χ2n) is 22.7. The number of epoxide rings is 5. The van der Waals surface area contributed by atoms with Crippen LogP contribution in [-0.2, 0) is 71.4 Å². The molecule has 0 spiro atoms. The summed E-state index contributed by atoms with van der Waals surface area (Å²) in [5.74, 6) is 1.69. The summed E-state index contributed by atoms with van der Waals surface area (Å²) in [7, 11) is 0. The molecule has 71 heavy (non-hydrogen) atoms. The number of ether oxygens (including phenoxy) is 9. The molecule has 13 rings (SSSR count). The molecular formula is C52H77ClO18. The van der Waals surface area contributed by atoms with Gasteiger partial charge in [0.15, 0.2) is 0 Å². The number of aliphatic carboxylic acids is 1. The van der Waals surface area contributed by atoms with Crippen molar-refractivity contribution >= 4 is 47.4 Å². The maximum atomic E-state index is 12.6. The Morgan fingerprint density at radius 2 is 0.803 bits per heavy atom. The normalized spacial score (nSPS) is 45.0. The van der Waals surface area contributed by atoms with Gasteiger partial charge in [-0.25, -0.2) is 0 Å². The predicted octanol–water partition coefficient (Wildman–Crippen LogP) is 3.81. The molecule has 0 radical (unpaired) electrons. The van der Waals surface area contributed by atoms with Gasteiger partial charge in [-0.15, -0.1) is 11.6 Å². The molecule has 23 unspecified atom stereocenters. The lowest BCUT2D eigenvalue weighted by Crippen LogP contribution is -2.42. The van der Waals surface area contributed by atoms with E-state index in [0.717, 1.165) is 51.9 Å². The lowest BCUT2D eigenvalue weighted by atomic mass is 9.69. The summed E-state index contributed by atoms with van der Waals surface area (Å²) in [6.07, 6.45) is 6.04.